The number of carbonyl (C=O) groups is 2. The number of carboxylic acids is 1. The molecule has 0 spiro atoms. The molecule has 2 aromatic rings. The van der Waals surface area contributed by atoms with E-state index in [2.05, 4.69) is 10.3 Å². The third kappa shape index (κ3) is 4.06. The zero-order valence-electron chi connectivity index (χ0n) is 11.4. The first-order chi connectivity index (χ1) is 10.1. The van der Waals surface area contributed by atoms with Crippen molar-refractivity contribution < 1.29 is 14.7 Å². The molecule has 1 heterocycles. The van der Waals surface area contributed by atoms with Crippen molar-refractivity contribution in [2.45, 2.75) is 11.8 Å². The van der Waals surface area contributed by atoms with Gasteiger partial charge >= 0.3 is 5.97 Å². The summed E-state index contributed by atoms with van der Waals surface area (Å²) in [6, 6.07) is 8.52. The highest BCUT2D eigenvalue weighted by Crippen LogP contribution is 2.22. The van der Waals surface area contributed by atoms with Crippen LogP contribution >= 0.6 is 11.8 Å². The van der Waals surface area contributed by atoms with Gasteiger partial charge in [-0.2, -0.15) is 0 Å². The highest BCUT2D eigenvalue weighted by Gasteiger charge is 2.14. The summed E-state index contributed by atoms with van der Waals surface area (Å²) < 4.78 is 0. The number of rotatable bonds is 5. The first-order valence-electron chi connectivity index (χ1n) is 6.23. The van der Waals surface area contributed by atoms with Gasteiger partial charge in [0, 0.05) is 17.3 Å². The van der Waals surface area contributed by atoms with Gasteiger partial charge in [0.05, 0.1) is 17.0 Å². The minimum Gasteiger partial charge on any atom is -0.478 e. The van der Waals surface area contributed by atoms with E-state index in [1.165, 1.54) is 17.8 Å². The first-order valence-corrected chi connectivity index (χ1v) is 7.22. The molecule has 0 bridgehead atoms. The Kier molecular flexibility index (Phi) is 4.94. The third-order valence-corrected chi connectivity index (χ3v) is 3.80. The second-order valence-corrected chi connectivity index (χ2v) is 5.37. The van der Waals surface area contributed by atoms with Gasteiger partial charge in [-0.25, -0.2) is 4.79 Å². The van der Waals surface area contributed by atoms with Gasteiger partial charge in [-0.1, -0.05) is 12.1 Å². The summed E-state index contributed by atoms with van der Waals surface area (Å²) in [7, 11) is 0. The monoisotopic (exact) mass is 302 g/mol. The van der Waals surface area contributed by atoms with E-state index in [0.717, 1.165) is 10.5 Å². The number of para-hydroxylation sites is 1. The van der Waals surface area contributed by atoms with Crippen LogP contribution in [0.2, 0.25) is 0 Å². The van der Waals surface area contributed by atoms with Crippen LogP contribution in [0.15, 0.2) is 47.6 Å². The fourth-order valence-electron chi connectivity index (χ4n) is 1.77. The summed E-state index contributed by atoms with van der Waals surface area (Å²) in [5.74, 6) is -1.10. The summed E-state index contributed by atoms with van der Waals surface area (Å²) >= 11 is 1.37. The largest absolute Gasteiger partial charge is 0.478 e. The normalized spacial score (nSPS) is 10.1. The van der Waals surface area contributed by atoms with Crippen molar-refractivity contribution in [1.82, 2.24) is 4.98 Å². The van der Waals surface area contributed by atoms with Crippen molar-refractivity contribution in [2.75, 3.05) is 11.1 Å². The molecule has 0 radical (unpaired) electrons. The number of aryl methyl sites for hydroxylation is 1. The number of aromatic carboxylic acids is 1. The molecule has 0 aliphatic heterocycles. The Morgan fingerprint density at radius 3 is 2.62 bits per heavy atom. The molecule has 0 aliphatic rings. The lowest BCUT2D eigenvalue weighted by atomic mass is 10.1. The summed E-state index contributed by atoms with van der Waals surface area (Å²) in [6.45, 7) is 1.76. The smallest absolute Gasteiger partial charge is 0.337 e. The molecular formula is C15H14N2O3S. The topological polar surface area (TPSA) is 79.3 Å². The molecule has 0 fully saturated rings. The van der Waals surface area contributed by atoms with Crippen molar-refractivity contribution in [3.63, 3.8) is 0 Å². The fourth-order valence-corrected chi connectivity index (χ4v) is 2.45. The van der Waals surface area contributed by atoms with Gasteiger partial charge < -0.3 is 10.4 Å². The number of anilines is 1. The van der Waals surface area contributed by atoms with Crippen molar-refractivity contribution in [3.05, 3.63) is 53.9 Å². The molecule has 0 saturated carbocycles. The van der Waals surface area contributed by atoms with Crippen LogP contribution in [0.25, 0.3) is 0 Å². The second kappa shape index (κ2) is 6.90. The van der Waals surface area contributed by atoms with E-state index in [-0.39, 0.29) is 17.2 Å². The average Bonchev–Trinajstić information content (AvgIpc) is 2.48. The van der Waals surface area contributed by atoms with Crippen LogP contribution in [0.3, 0.4) is 0 Å². The van der Waals surface area contributed by atoms with Crippen molar-refractivity contribution >= 4 is 29.3 Å². The number of benzene rings is 1. The van der Waals surface area contributed by atoms with Gasteiger partial charge in [-0.05, 0) is 30.7 Å². The van der Waals surface area contributed by atoms with Crippen LogP contribution < -0.4 is 5.32 Å². The number of pyridine rings is 1. The molecule has 0 aliphatic carbocycles. The van der Waals surface area contributed by atoms with Gasteiger partial charge in [0.25, 0.3) is 0 Å². The molecule has 108 valence electrons. The van der Waals surface area contributed by atoms with E-state index < -0.39 is 5.97 Å². The zero-order valence-corrected chi connectivity index (χ0v) is 12.2. The van der Waals surface area contributed by atoms with Gasteiger partial charge in [0.2, 0.25) is 5.91 Å². The van der Waals surface area contributed by atoms with E-state index in [9.17, 15) is 9.59 Å². The van der Waals surface area contributed by atoms with Crippen LogP contribution in [-0.2, 0) is 4.79 Å². The predicted molar refractivity (Wildman–Crippen MR) is 81.7 cm³/mol. The maximum atomic E-state index is 12.0. The second-order valence-electron chi connectivity index (χ2n) is 4.32. The Morgan fingerprint density at radius 2 is 1.95 bits per heavy atom. The molecule has 5 nitrogen and oxygen atoms in total. The van der Waals surface area contributed by atoms with Gasteiger partial charge in [0.1, 0.15) is 0 Å². The Bertz CT molecular complexity index is 659. The summed E-state index contributed by atoms with van der Waals surface area (Å²) in [4.78, 5) is 28.0. The van der Waals surface area contributed by atoms with Gasteiger partial charge in [0.15, 0.2) is 0 Å². The van der Waals surface area contributed by atoms with E-state index in [1.807, 2.05) is 12.1 Å². The molecule has 21 heavy (non-hydrogen) atoms. The lowest BCUT2D eigenvalue weighted by Gasteiger charge is -2.11. The molecule has 1 aromatic carbocycles. The summed E-state index contributed by atoms with van der Waals surface area (Å²) in [5.41, 5.74) is 1.17. The number of hydrogen-bond acceptors (Lipinski definition) is 4. The highest BCUT2D eigenvalue weighted by molar-refractivity contribution is 8.00. The Morgan fingerprint density at radius 1 is 1.24 bits per heavy atom. The Balaban J connectivity index is 2.05. The van der Waals surface area contributed by atoms with E-state index in [4.69, 9.17) is 5.11 Å². The molecule has 0 saturated heterocycles. The number of carbonyl (C=O) groups excluding carboxylic acids is 1. The molecule has 0 atom stereocenters. The fraction of sp³-hybridized carbons (Fsp3) is 0.133. The molecule has 6 heteroatoms. The Labute approximate surface area is 126 Å². The van der Waals surface area contributed by atoms with E-state index in [1.54, 1.807) is 31.5 Å². The average molecular weight is 302 g/mol. The first kappa shape index (κ1) is 15.1. The maximum Gasteiger partial charge on any atom is 0.337 e. The molecule has 0 unspecified atom stereocenters. The number of aromatic nitrogens is 1. The van der Waals surface area contributed by atoms with Gasteiger partial charge in [-0.3, -0.25) is 9.78 Å². The summed E-state index contributed by atoms with van der Waals surface area (Å²) in [5, 5.41) is 11.8. The SMILES string of the molecule is Cc1cccc(C(=O)O)c1NC(=O)CSc1ccncc1. The molecule has 2 rings (SSSR count). The highest BCUT2D eigenvalue weighted by atomic mass is 32.2. The molecule has 1 aromatic heterocycles. The van der Waals surface area contributed by atoms with Crippen molar-refractivity contribution in [2.24, 2.45) is 0 Å². The van der Waals surface area contributed by atoms with E-state index >= 15 is 0 Å². The molecular weight excluding hydrogens is 288 g/mol. The third-order valence-electron chi connectivity index (χ3n) is 2.79. The number of nitrogens with one attached hydrogen (secondary N) is 1. The number of hydrogen-bond donors (Lipinski definition) is 2. The minimum atomic E-state index is -1.06. The van der Waals surface area contributed by atoms with Crippen LogP contribution in [0.5, 0.6) is 0 Å². The quantitative estimate of drug-likeness (QED) is 0.830. The lowest BCUT2D eigenvalue weighted by molar-refractivity contribution is -0.113. The van der Waals surface area contributed by atoms with Crippen molar-refractivity contribution in [3.8, 4) is 0 Å². The molecule has 2 N–H and O–H groups in total. The number of nitrogens with zero attached hydrogens (tertiary/aromatic N) is 1. The number of carboxylic acid groups (broad SMARTS) is 1. The number of amides is 1. The standard InChI is InChI=1S/C15H14N2O3S/c1-10-3-2-4-12(15(19)20)14(10)17-13(18)9-21-11-5-7-16-8-6-11/h2-8H,9H2,1H3,(H,17,18)(H,19,20). The maximum absolute atomic E-state index is 12.0. The predicted octanol–water partition coefficient (Wildman–Crippen LogP) is 2.82. The zero-order chi connectivity index (χ0) is 15.2. The van der Waals surface area contributed by atoms with Crippen LogP contribution in [0.4, 0.5) is 5.69 Å². The van der Waals surface area contributed by atoms with Crippen LogP contribution in [-0.4, -0.2) is 27.7 Å². The minimum absolute atomic E-state index is 0.0947. The molecule has 1 amide bonds. The Hall–Kier alpha value is -2.34. The lowest BCUT2D eigenvalue weighted by Crippen LogP contribution is -2.17. The van der Waals surface area contributed by atoms with Gasteiger partial charge in [-0.15, -0.1) is 11.8 Å². The van der Waals surface area contributed by atoms with Crippen molar-refractivity contribution in [1.29, 1.82) is 0 Å². The summed E-state index contributed by atoms with van der Waals surface area (Å²) in [6.07, 6.45) is 3.31. The van der Waals surface area contributed by atoms with E-state index in [0.29, 0.717) is 5.69 Å². The number of thioether (sulfide) groups is 1. The van der Waals surface area contributed by atoms with Crippen LogP contribution in [0, 0.1) is 6.92 Å². The van der Waals surface area contributed by atoms with Crippen LogP contribution in [0.1, 0.15) is 15.9 Å².